The molecule has 1 aromatic heterocycles. The number of aromatic nitrogens is 3. The average molecular weight is 434 g/mol. The van der Waals surface area contributed by atoms with Crippen molar-refractivity contribution in [2.24, 2.45) is 0 Å². The standard InChI is InChI=1S/C21H21F3N4O3/c1-20(2,3)31-19(29)27(4)15-7-5-14(6-8-15)18-25-13-28(26-18)16-9-11-17(12-10-16)30-21(22,23)24/h5-13H,1-4H3. The summed E-state index contributed by atoms with van der Waals surface area (Å²) in [5.41, 5.74) is 1.27. The van der Waals surface area contributed by atoms with E-state index in [9.17, 15) is 18.0 Å². The zero-order valence-corrected chi connectivity index (χ0v) is 17.3. The Morgan fingerprint density at radius 2 is 1.61 bits per heavy atom. The van der Waals surface area contributed by atoms with Gasteiger partial charge in [0.1, 0.15) is 17.7 Å². The number of carbonyl (C=O) groups is 1. The molecule has 0 aliphatic rings. The van der Waals surface area contributed by atoms with Crippen molar-refractivity contribution in [1.82, 2.24) is 14.8 Å². The molecule has 0 saturated carbocycles. The molecule has 0 bridgehead atoms. The van der Waals surface area contributed by atoms with Crippen molar-refractivity contribution < 1.29 is 27.4 Å². The van der Waals surface area contributed by atoms with E-state index in [1.54, 1.807) is 52.1 Å². The number of ether oxygens (including phenoxy) is 2. The van der Waals surface area contributed by atoms with Crippen LogP contribution in [0, 0.1) is 0 Å². The van der Waals surface area contributed by atoms with E-state index < -0.39 is 18.1 Å². The van der Waals surface area contributed by atoms with Gasteiger partial charge in [0.15, 0.2) is 5.82 Å². The summed E-state index contributed by atoms with van der Waals surface area (Å²) in [4.78, 5) is 17.8. The lowest BCUT2D eigenvalue weighted by Crippen LogP contribution is -2.34. The highest BCUT2D eigenvalue weighted by atomic mass is 19.4. The van der Waals surface area contributed by atoms with Gasteiger partial charge in [-0.1, -0.05) is 0 Å². The molecule has 0 spiro atoms. The van der Waals surface area contributed by atoms with E-state index in [0.717, 1.165) is 0 Å². The number of anilines is 1. The van der Waals surface area contributed by atoms with Gasteiger partial charge in [0, 0.05) is 18.3 Å². The van der Waals surface area contributed by atoms with Gasteiger partial charge in [-0.05, 0) is 69.3 Å². The van der Waals surface area contributed by atoms with Crippen molar-refractivity contribution in [3.05, 3.63) is 54.9 Å². The van der Waals surface area contributed by atoms with Crippen LogP contribution >= 0.6 is 0 Å². The van der Waals surface area contributed by atoms with E-state index in [-0.39, 0.29) is 5.75 Å². The number of rotatable bonds is 4. The zero-order valence-electron chi connectivity index (χ0n) is 17.3. The van der Waals surface area contributed by atoms with Crippen LogP contribution in [0.15, 0.2) is 54.9 Å². The quantitative estimate of drug-likeness (QED) is 0.564. The van der Waals surface area contributed by atoms with Crippen LogP contribution in [0.5, 0.6) is 5.75 Å². The molecule has 0 aliphatic heterocycles. The number of nitrogens with zero attached hydrogens (tertiary/aromatic N) is 4. The summed E-state index contributed by atoms with van der Waals surface area (Å²) in [6, 6.07) is 12.3. The minimum Gasteiger partial charge on any atom is -0.443 e. The van der Waals surface area contributed by atoms with Crippen LogP contribution in [0.25, 0.3) is 17.1 Å². The summed E-state index contributed by atoms with van der Waals surface area (Å²) >= 11 is 0. The van der Waals surface area contributed by atoms with Gasteiger partial charge in [-0.25, -0.2) is 14.5 Å². The van der Waals surface area contributed by atoms with Gasteiger partial charge in [-0.2, -0.15) is 0 Å². The first-order valence-electron chi connectivity index (χ1n) is 9.26. The largest absolute Gasteiger partial charge is 0.573 e. The number of alkyl halides is 3. The predicted molar refractivity (Wildman–Crippen MR) is 108 cm³/mol. The highest BCUT2D eigenvalue weighted by Gasteiger charge is 2.31. The van der Waals surface area contributed by atoms with Crippen molar-refractivity contribution in [2.45, 2.75) is 32.7 Å². The molecule has 0 radical (unpaired) electrons. The maximum atomic E-state index is 12.3. The molecule has 7 nitrogen and oxygen atoms in total. The van der Waals surface area contributed by atoms with Crippen LogP contribution in [0.4, 0.5) is 23.7 Å². The number of carbonyl (C=O) groups excluding carboxylic acids is 1. The van der Waals surface area contributed by atoms with E-state index in [0.29, 0.717) is 22.8 Å². The summed E-state index contributed by atoms with van der Waals surface area (Å²) in [5, 5.41) is 4.35. The number of benzene rings is 2. The molecular formula is C21H21F3N4O3. The summed E-state index contributed by atoms with van der Waals surface area (Å²) < 4.78 is 47.5. The van der Waals surface area contributed by atoms with Crippen molar-refractivity contribution in [2.75, 3.05) is 11.9 Å². The minimum absolute atomic E-state index is 0.318. The lowest BCUT2D eigenvalue weighted by Gasteiger charge is -2.24. The normalized spacial score (nSPS) is 11.8. The molecule has 1 heterocycles. The van der Waals surface area contributed by atoms with Gasteiger partial charge in [0.2, 0.25) is 0 Å². The topological polar surface area (TPSA) is 69.5 Å². The Kier molecular flexibility index (Phi) is 5.92. The minimum atomic E-state index is -4.74. The first-order chi connectivity index (χ1) is 14.4. The highest BCUT2D eigenvalue weighted by Crippen LogP contribution is 2.25. The van der Waals surface area contributed by atoms with Gasteiger partial charge in [-0.3, -0.25) is 4.90 Å². The van der Waals surface area contributed by atoms with Gasteiger partial charge < -0.3 is 9.47 Å². The molecule has 0 N–H and O–H groups in total. The fraction of sp³-hybridized carbons (Fsp3) is 0.286. The second-order valence-corrected chi connectivity index (χ2v) is 7.64. The van der Waals surface area contributed by atoms with E-state index >= 15 is 0 Å². The van der Waals surface area contributed by atoms with Crippen LogP contribution in [-0.2, 0) is 4.74 Å². The molecule has 1 amide bonds. The maximum Gasteiger partial charge on any atom is 0.573 e. The molecular weight excluding hydrogens is 413 g/mol. The Hall–Kier alpha value is -3.56. The molecule has 3 aromatic rings. The van der Waals surface area contributed by atoms with E-state index in [4.69, 9.17) is 4.74 Å². The Morgan fingerprint density at radius 3 is 2.16 bits per heavy atom. The number of halogens is 3. The Labute approximate surface area is 177 Å². The Morgan fingerprint density at radius 1 is 1.00 bits per heavy atom. The smallest absolute Gasteiger partial charge is 0.443 e. The number of hydrogen-bond acceptors (Lipinski definition) is 5. The van der Waals surface area contributed by atoms with Crippen LogP contribution < -0.4 is 9.64 Å². The second kappa shape index (κ2) is 8.29. The lowest BCUT2D eigenvalue weighted by molar-refractivity contribution is -0.274. The van der Waals surface area contributed by atoms with Crippen LogP contribution in [0.2, 0.25) is 0 Å². The summed E-state index contributed by atoms with van der Waals surface area (Å²) in [6.07, 6.45) is -3.76. The SMILES string of the molecule is CN(C(=O)OC(C)(C)C)c1ccc(-c2ncn(-c3ccc(OC(F)(F)F)cc3)n2)cc1. The van der Waals surface area contributed by atoms with Crippen LogP contribution in [-0.4, -0.2) is 39.9 Å². The maximum absolute atomic E-state index is 12.3. The third kappa shape index (κ3) is 5.97. The fourth-order valence-electron chi connectivity index (χ4n) is 2.59. The van der Waals surface area contributed by atoms with E-state index in [1.807, 2.05) is 0 Å². The molecule has 3 rings (SSSR count). The monoisotopic (exact) mass is 434 g/mol. The molecule has 10 heteroatoms. The van der Waals surface area contributed by atoms with Gasteiger partial charge in [0.25, 0.3) is 0 Å². The summed E-state index contributed by atoms with van der Waals surface area (Å²) in [6.45, 7) is 5.38. The molecule has 31 heavy (non-hydrogen) atoms. The number of amides is 1. The number of hydrogen-bond donors (Lipinski definition) is 0. The van der Waals surface area contributed by atoms with Gasteiger partial charge >= 0.3 is 12.5 Å². The molecule has 0 aliphatic carbocycles. The summed E-state index contributed by atoms with van der Waals surface area (Å²) in [5.74, 6) is 0.100. The Balaban J connectivity index is 1.72. The lowest BCUT2D eigenvalue weighted by atomic mass is 10.2. The van der Waals surface area contributed by atoms with Crippen molar-refractivity contribution >= 4 is 11.8 Å². The average Bonchev–Trinajstić information content (AvgIpc) is 3.16. The van der Waals surface area contributed by atoms with Gasteiger partial charge in [0.05, 0.1) is 5.69 Å². The molecule has 0 fully saturated rings. The molecule has 0 saturated heterocycles. The highest BCUT2D eigenvalue weighted by molar-refractivity contribution is 5.87. The second-order valence-electron chi connectivity index (χ2n) is 7.64. The molecule has 164 valence electrons. The van der Waals surface area contributed by atoms with Gasteiger partial charge in [-0.15, -0.1) is 18.3 Å². The van der Waals surface area contributed by atoms with E-state index in [2.05, 4.69) is 14.8 Å². The molecule has 0 atom stereocenters. The fourth-order valence-corrected chi connectivity index (χ4v) is 2.59. The molecule has 2 aromatic carbocycles. The summed E-state index contributed by atoms with van der Waals surface area (Å²) in [7, 11) is 1.61. The third-order valence-corrected chi connectivity index (χ3v) is 4.01. The predicted octanol–water partition coefficient (Wildman–Crippen LogP) is 5.20. The van der Waals surface area contributed by atoms with Crippen molar-refractivity contribution in [3.8, 4) is 22.8 Å². The van der Waals surface area contributed by atoms with E-state index in [1.165, 1.54) is 40.2 Å². The van der Waals surface area contributed by atoms with Crippen molar-refractivity contribution in [1.29, 1.82) is 0 Å². The Bertz CT molecular complexity index is 1040. The van der Waals surface area contributed by atoms with Crippen molar-refractivity contribution in [3.63, 3.8) is 0 Å². The zero-order chi connectivity index (χ0) is 22.8. The molecule has 0 unspecified atom stereocenters. The van der Waals surface area contributed by atoms with Crippen LogP contribution in [0.3, 0.4) is 0 Å². The first kappa shape index (κ1) is 22.1. The first-order valence-corrected chi connectivity index (χ1v) is 9.26. The van der Waals surface area contributed by atoms with Crippen LogP contribution in [0.1, 0.15) is 20.8 Å². The third-order valence-electron chi connectivity index (χ3n) is 4.01.